The van der Waals surface area contributed by atoms with Crippen LogP contribution >= 0.6 is 0 Å². The number of imidazole rings is 1. The normalized spacial score (nSPS) is 25.2. The molecule has 2 rings (SSSR count). The van der Waals surface area contributed by atoms with Crippen molar-refractivity contribution in [3.05, 3.63) is 12.4 Å². The van der Waals surface area contributed by atoms with E-state index in [2.05, 4.69) is 24.1 Å². The van der Waals surface area contributed by atoms with Crippen molar-refractivity contribution >= 4 is 5.95 Å². The lowest BCUT2D eigenvalue weighted by atomic mass is 9.92. The van der Waals surface area contributed by atoms with Gasteiger partial charge in [0.25, 0.3) is 0 Å². The van der Waals surface area contributed by atoms with Gasteiger partial charge < -0.3 is 9.88 Å². The predicted molar refractivity (Wildman–Crippen MR) is 58.3 cm³/mol. The number of nitrogens with one attached hydrogen (secondary N) is 1. The molecule has 1 aromatic heterocycles. The van der Waals surface area contributed by atoms with Gasteiger partial charge in [0.15, 0.2) is 0 Å². The van der Waals surface area contributed by atoms with E-state index >= 15 is 0 Å². The smallest absolute Gasteiger partial charge is 0.202 e. The van der Waals surface area contributed by atoms with Gasteiger partial charge in [-0.2, -0.15) is 0 Å². The number of nitrogens with zero attached hydrogens (tertiary/aromatic N) is 2. The Bertz CT molecular complexity index is 314. The van der Waals surface area contributed by atoms with Gasteiger partial charge in [-0.15, -0.1) is 0 Å². The minimum absolute atomic E-state index is 0.503. The maximum atomic E-state index is 4.28. The van der Waals surface area contributed by atoms with Gasteiger partial charge in [0, 0.05) is 25.5 Å². The predicted octanol–water partition coefficient (Wildman–Crippen LogP) is 2.41. The molecule has 1 atom stereocenters. The first-order chi connectivity index (χ1) is 6.57. The minimum atomic E-state index is 0.503. The molecule has 1 aliphatic carbocycles. The van der Waals surface area contributed by atoms with Crippen LogP contribution in [0.15, 0.2) is 12.4 Å². The maximum absolute atomic E-state index is 4.28. The summed E-state index contributed by atoms with van der Waals surface area (Å²) in [6, 6.07) is 0.603. The molecule has 1 unspecified atom stereocenters. The molecule has 14 heavy (non-hydrogen) atoms. The maximum Gasteiger partial charge on any atom is 0.202 e. The first-order valence-electron chi connectivity index (χ1n) is 5.31. The van der Waals surface area contributed by atoms with Crippen LogP contribution in [0.25, 0.3) is 0 Å². The molecule has 0 aromatic carbocycles. The molecule has 1 N–H and O–H groups in total. The molecule has 0 aliphatic heterocycles. The van der Waals surface area contributed by atoms with Gasteiger partial charge in [-0.1, -0.05) is 13.8 Å². The van der Waals surface area contributed by atoms with Gasteiger partial charge in [-0.05, 0) is 24.7 Å². The van der Waals surface area contributed by atoms with Gasteiger partial charge in [0.1, 0.15) is 0 Å². The van der Waals surface area contributed by atoms with Crippen LogP contribution in [0.2, 0.25) is 0 Å². The summed E-state index contributed by atoms with van der Waals surface area (Å²) in [4.78, 5) is 4.28. The Labute approximate surface area is 85.5 Å². The molecule has 3 nitrogen and oxygen atoms in total. The van der Waals surface area contributed by atoms with Crippen LogP contribution in [0, 0.1) is 5.41 Å². The Balaban J connectivity index is 1.97. The zero-order chi connectivity index (χ0) is 10.2. The van der Waals surface area contributed by atoms with Crippen LogP contribution in [0.4, 0.5) is 5.95 Å². The van der Waals surface area contributed by atoms with E-state index in [0.717, 1.165) is 5.95 Å². The molecule has 3 heteroatoms. The Morgan fingerprint density at radius 2 is 2.36 bits per heavy atom. The monoisotopic (exact) mass is 193 g/mol. The van der Waals surface area contributed by atoms with Crippen molar-refractivity contribution in [2.45, 2.75) is 39.2 Å². The van der Waals surface area contributed by atoms with Gasteiger partial charge in [-0.25, -0.2) is 4.98 Å². The number of aromatic nitrogens is 2. The van der Waals surface area contributed by atoms with Gasteiger partial charge >= 0.3 is 0 Å². The molecular weight excluding hydrogens is 174 g/mol. The van der Waals surface area contributed by atoms with E-state index in [1.54, 1.807) is 0 Å². The summed E-state index contributed by atoms with van der Waals surface area (Å²) in [5.74, 6) is 0.993. The lowest BCUT2D eigenvalue weighted by molar-refractivity contribution is 0.378. The molecule has 0 amide bonds. The molecule has 0 bridgehead atoms. The summed E-state index contributed by atoms with van der Waals surface area (Å²) in [7, 11) is 2.02. The van der Waals surface area contributed by atoms with Gasteiger partial charge in [0.2, 0.25) is 5.95 Å². The molecule has 78 valence electrons. The zero-order valence-electron chi connectivity index (χ0n) is 9.25. The first kappa shape index (κ1) is 9.56. The molecule has 1 fully saturated rings. The molecular formula is C11H19N3. The molecule has 1 heterocycles. The summed E-state index contributed by atoms with van der Waals surface area (Å²) in [6.45, 7) is 4.68. The van der Waals surface area contributed by atoms with Gasteiger partial charge in [-0.3, -0.25) is 0 Å². The highest BCUT2D eigenvalue weighted by Crippen LogP contribution is 2.37. The third-order valence-electron chi connectivity index (χ3n) is 3.12. The summed E-state index contributed by atoms with van der Waals surface area (Å²) < 4.78 is 2.03. The Kier molecular flexibility index (Phi) is 2.25. The van der Waals surface area contributed by atoms with Crippen molar-refractivity contribution in [1.82, 2.24) is 9.55 Å². The SMILES string of the molecule is Cn1ccnc1NC1CCC(C)(C)C1. The fraction of sp³-hybridized carbons (Fsp3) is 0.727. The van der Waals surface area contributed by atoms with Crippen LogP contribution in [-0.4, -0.2) is 15.6 Å². The topological polar surface area (TPSA) is 29.9 Å². The standard InChI is InChI=1S/C11H19N3/c1-11(2)5-4-9(8-11)13-10-12-6-7-14(10)3/h6-7,9H,4-5,8H2,1-3H3,(H,12,13). The van der Waals surface area contributed by atoms with Crippen LogP contribution < -0.4 is 5.32 Å². The second-order valence-corrected chi connectivity index (χ2v) is 5.11. The third kappa shape index (κ3) is 1.91. The van der Waals surface area contributed by atoms with Crippen molar-refractivity contribution in [3.8, 4) is 0 Å². The average Bonchev–Trinajstić information content (AvgIpc) is 2.61. The first-order valence-corrected chi connectivity index (χ1v) is 5.31. The summed E-state index contributed by atoms with van der Waals surface area (Å²) in [5, 5.41) is 3.50. The van der Waals surface area contributed by atoms with E-state index in [1.807, 2.05) is 24.0 Å². The Hall–Kier alpha value is -0.990. The van der Waals surface area contributed by atoms with Crippen molar-refractivity contribution in [3.63, 3.8) is 0 Å². The summed E-state index contributed by atoms with van der Waals surface area (Å²) in [6.07, 6.45) is 7.64. The molecule has 0 saturated heterocycles. The molecule has 0 spiro atoms. The van der Waals surface area contributed by atoms with Crippen LogP contribution in [0.5, 0.6) is 0 Å². The van der Waals surface area contributed by atoms with E-state index in [1.165, 1.54) is 19.3 Å². The van der Waals surface area contributed by atoms with Crippen molar-refractivity contribution in [2.24, 2.45) is 12.5 Å². The fourth-order valence-corrected chi connectivity index (χ4v) is 2.25. The molecule has 1 aromatic rings. The lowest BCUT2D eigenvalue weighted by Gasteiger charge is -2.18. The van der Waals surface area contributed by atoms with E-state index < -0.39 is 0 Å². The summed E-state index contributed by atoms with van der Waals surface area (Å²) in [5.41, 5.74) is 0.503. The minimum Gasteiger partial charge on any atom is -0.353 e. The Morgan fingerprint density at radius 1 is 1.57 bits per heavy atom. The number of anilines is 1. The number of aryl methyl sites for hydroxylation is 1. The zero-order valence-corrected chi connectivity index (χ0v) is 9.25. The molecule has 1 aliphatic rings. The van der Waals surface area contributed by atoms with Crippen LogP contribution in [0.1, 0.15) is 33.1 Å². The quantitative estimate of drug-likeness (QED) is 0.781. The Morgan fingerprint density at radius 3 is 2.86 bits per heavy atom. The van der Waals surface area contributed by atoms with Crippen LogP contribution in [-0.2, 0) is 7.05 Å². The average molecular weight is 193 g/mol. The van der Waals surface area contributed by atoms with E-state index in [0.29, 0.717) is 11.5 Å². The second-order valence-electron chi connectivity index (χ2n) is 5.11. The van der Waals surface area contributed by atoms with Gasteiger partial charge in [0.05, 0.1) is 0 Å². The van der Waals surface area contributed by atoms with E-state index in [4.69, 9.17) is 0 Å². The van der Waals surface area contributed by atoms with Crippen LogP contribution in [0.3, 0.4) is 0 Å². The number of rotatable bonds is 2. The largest absolute Gasteiger partial charge is 0.353 e. The second kappa shape index (κ2) is 3.30. The highest BCUT2D eigenvalue weighted by atomic mass is 15.2. The number of hydrogen-bond donors (Lipinski definition) is 1. The van der Waals surface area contributed by atoms with E-state index in [-0.39, 0.29) is 0 Å². The van der Waals surface area contributed by atoms with E-state index in [9.17, 15) is 0 Å². The van der Waals surface area contributed by atoms with Crippen molar-refractivity contribution < 1.29 is 0 Å². The molecule has 0 radical (unpaired) electrons. The van der Waals surface area contributed by atoms with Crippen molar-refractivity contribution in [1.29, 1.82) is 0 Å². The summed E-state index contributed by atoms with van der Waals surface area (Å²) >= 11 is 0. The lowest BCUT2D eigenvalue weighted by Crippen LogP contribution is -2.19. The number of hydrogen-bond acceptors (Lipinski definition) is 2. The fourth-order valence-electron chi connectivity index (χ4n) is 2.25. The highest BCUT2D eigenvalue weighted by molar-refractivity contribution is 5.27. The third-order valence-corrected chi connectivity index (χ3v) is 3.12. The van der Waals surface area contributed by atoms with Crippen molar-refractivity contribution in [2.75, 3.05) is 5.32 Å². The highest BCUT2D eigenvalue weighted by Gasteiger charge is 2.31. The molecule has 1 saturated carbocycles.